The van der Waals surface area contributed by atoms with Gasteiger partial charge in [0.05, 0.1) is 5.92 Å². The molecule has 0 aromatic rings. The van der Waals surface area contributed by atoms with Crippen molar-refractivity contribution in [2.45, 2.75) is 38.1 Å². The number of carboxylic acid groups (broad SMARTS) is 1. The van der Waals surface area contributed by atoms with Crippen LogP contribution in [0.1, 0.15) is 32.6 Å². The largest absolute Gasteiger partial charge is 0.481 e. The highest BCUT2D eigenvalue weighted by Crippen LogP contribution is 2.34. The molecular formula is C14H21N3O5. The predicted molar refractivity (Wildman–Crippen MR) is 75.9 cm³/mol. The van der Waals surface area contributed by atoms with Gasteiger partial charge in [-0.1, -0.05) is 19.8 Å². The monoisotopic (exact) mass is 311 g/mol. The lowest BCUT2D eigenvalue weighted by molar-refractivity contribution is -0.144. The van der Waals surface area contributed by atoms with Gasteiger partial charge >= 0.3 is 12.0 Å². The van der Waals surface area contributed by atoms with Gasteiger partial charge in [0, 0.05) is 13.6 Å². The van der Waals surface area contributed by atoms with E-state index in [-0.39, 0.29) is 19.0 Å². The van der Waals surface area contributed by atoms with Gasteiger partial charge in [-0.05, 0) is 12.8 Å². The van der Waals surface area contributed by atoms with Crippen LogP contribution in [0.4, 0.5) is 4.79 Å². The zero-order valence-electron chi connectivity index (χ0n) is 12.8. The van der Waals surface area contributed by atoms with Crippen LogP contribution in [0.25, 0.3) is 0 Å². The van der Waals surface area contributed by atoms with Gasteiger partial charge in [-0.2, -0.15) is 0 Å². The number of hydrogen-bond acceptors (Lipinski definition) is 4. The van der Waals surface area contributed by atoms with E-state index in [9.17, 15) is 19.2 Å². The van der Waals surface area contributed by atoms with Crippen LogP contribution < -0.4 is 5.32 Å². The number of imide groups is 1. The molecule has 2 rings (SSSR count). The SMILES string of the molecule is CC(CN(C)C(=O)CN1C(=O)NC2(CCCC2)C1=O)C(=O)O. The number of nitrogens with zero attached hydrogens (tertiary/aromatic N) is 2. The smallest absolute Gasteiger partial charge is 0.325 e. The summed E-state index contributed by atoms with van der Waals surface area (Å²) in [6.45, 7) is 1.17. The standard InChI is InChI=1S/C14H21N3O5/c1-9(11(19)20)7-16(2)10(18)8-17-12(21)14(15-13(17)22)5-3-4-6-14/h9H,3-8H2,1-2H3,(H,15,22)(H,19,20). The zero-order valence-corrected chi connectivity index (χ0v) is 12.8. The predicted octanol–water partition coefficient (Wildman–Crippen LogP) is 0.0301. The van der Waals surface area contributed by atoms with E-state index in [1.165, 1.54) is 18.9 Å². The Kier molecular flexibility index (Phi) is 4.39. The average Bonchev–Trinajstić information content (AvgIpc) is 3.00. The highest BCUT2D eigenvalue weighted by molar-refractivity contribution is 6.09. The van der Waals surface area contributed by atoms with Crippen LogP contribution in [0.15, 0.2) is 0 Å². The van der Waals surface area contributed by atoms with E-state index in [2.05, 4.69) is 5.32 Å². The van der Waals surface area contributed by atoms with Gasteiger partial charge in [0.2, 0.25) is 5.91 Å². The summed E-state index contributed by atoms with van der Waals surface area (Å²) < 4.78 is 0. The number of carbonyl (C=O) groups excluding carboxylic acids is 3. The molecule has 0 aromatic heterocycles. The van der Waals surface area contributed by atoms with E-state index < -0.39 is 29.4 Å². The maximum atomic E-state index is 12.4. The Morgan fingerprint density at radius 1 is 1.36 bits per heavy atom. The number of likely N-dealkylation sites (N-methyl/N-ethyl adjacent to an activating group) is 1. The lowest BCUT2D eigenvalue weighted by atomic mass is 9.98. The molecule has 1 saturated heterocycles. The first-order chi connectivity index (χ1) is 10.3. The molecule has 1 heterocycles. The lowest BCUT2D eigenvalue weighted by Gasteiger charge is -2.23. The Balaban J connectivity index is 1.98. The number of nitrogens with one attached hydrogen (secondary N) is 1. The van der Waals surface area contributed by atoms with E-state index in [0.29, 0.717) is 12.8 Å². The number of hydrogen-bond donors (Lipinski definition) is 2. The van der Waals surface area contributed by atoms with E-state index in [1.807, 2.05) is 0 Å². The third-order valence-electron chi connectivity index (χ3n) is 4.39. The second-order valence-electron chi connectivity index (χ2n) is 6.12. The van der Waals surface area contributed by atoms with Crippen molar-refractivity contribution in [1.29, 1.82) is 0 Å². The Hall–Kier alpha value is -2.12. The molecular weight excluding hydrogens is 290 g/mol. The first-order valence-electron chi connectivity index (χ1n) is 7.38. The maximum Gasteiger partial charge on any atom is 0.325 e. The molecule has 1 atom stereocenters. The summed E-state index contributed by atoms with van der Waals surface area (Å²) in [5, 5.41) is 11.6. The third kappa shape index (κ3) is 2.90. The molecule has 1 saturated carbocycles. The Morgan fingerprint density at radius 3 is 2.50 bits per heavy atom. The molecule has 0 bridgehead atoms. The summed E-state index contributed by atoms with van der Waals surface area (Å²) in [5.41, 5.74) is -0.829. The number of amides is 4. The minimum absolute atomic E-state index is 0.0307. The minimum atomic E-state index is -1.00. The van der Waals surface area contributed by atoms with Crippen molar-refractivity contribution in [3.05, 3.63) is 0 Å². The van der Waals surface area contributed by atoms with Gasteiger partial charge in [0.15, 0.2) is 0 Å². The van der Waals surface area contributed by atoms with E-state index in [0.717, 1.165) is 17.7 Å². The maximum absolute atomic E-state index is 12.4. The van der Waals surface area contributed by atoms with Crippen molar-refractivity contribution in [3.8, 4) is 0 Å². The first-order valence-corrected chi connectivity index (χ1v) is 7.38. The highest BCUT2D eigenvalue weighted by Gasteiger charge is 2.52. The van der Waals surface area contributed by atoms with Crippen molar-refractivity contribution >= 4 is 23.8 Å². The van der Waals surface area contributed by atoms with Crippen LogP contribution >= 0.6 is 0 Å². The van der Waals surface area contributed by atoms with Crippen molar-refractivity contribution in [3.63, 3.8) is 0 Å². The normalized spacial score (nSPS) is 21.1. The molecule has 2 N–H and O–H groups in total. The van der Waals surface area contributed by atoms with Gasteiger partial charge < -0.3 is 15.3 Å². The van der Waals surface area contributed by atoms with E-state index >= 15 is 0 Å². The van der Waals surface area contributed by atoms with Crippen molar-refractivity contribution in [1.82, 2.24) is 15.1 Å². The van der Waals surface area contributed by atoms with E-state index in [4.69, 9.17) is 5.11 Å². The first kappa shape index (κ1) is 16.3. The molecule has 1 aliphatic heterocycles. The number of urea groups is 1. The number of aliphatic carboxylic acids is 1. The van der Waals surface area contributed by atoms with Crippen LogP contribution in [0, 0.1) is 5.92 Å². The summed E-state index contributed by atoms with van der Waals surface area (Å²) in [7, 11) is 1.46. The van der Waals surface area contributed by atoms with Crippen LogP contribution in [-0.2, 0) is 14.4 Å². The fraction of sp³-hybridized carbons (Fsp3) is 0.714. The fourth-order valence-electron chi connectivity index (χ4n) is 2.98. The minimum Gasteiger partial charge on any atom is -0.481 e. The Labute approximate surface area is 128 Å². The summed E-state index contributed by atoms with van der Waals surface area (Å²) >= 11 is 0. The number of rotatable bonds is 5. The molecule has 122 valence electrons. The molecule has 22 heavy (non-hydrogen) atoms. The topological polar surface area (TPSA) is 107 Å². The second kappa shape index (κ2) is 5.94. The number of carbonyl (C=O) groups is 4. The van der Waals surface area contributed by atoms with Crippen LogP contribution in [0.2, 0.25) is 0 Å². The molecule has 4 amide bonds. The van der Waals surface area contributed by atoms with Crippen molar-refractivity contribution in [2.24, 2.45) is 5.92 Å². The summed E-state index contributed by atoms with van der Waals surface area (Å²) in [5.74, 6) is -2.51. The molecule has 0 aromatic carbocycles. The quantitative estimate of drug-likeness (QED) is 0.697. The Morgan fingerprint density at radius 2 is 1.95 bits per heavy atom. The molecule has 1 aliphatic carbocycles. The van der Waals surface area contributed by atoms with Crippen molar-refractivity contribution < 1.29 is 24.3 Å². The molecule has 8 nitrogen and oxygen atoms in total. The second-order valence-corrected chi connectivity index (χ2v) is 6.12. The summed E-state index contributed by atoms with van der Waals surface area (Å²) in [6.07, 6.45) is 2.97. The van der Waals surface area contributed by atoms with Gasteiger partial charge in [-0.3, -0.25) is 19.3 Å². The Bertz CT molecular complexity index is 513. The molecule has 1 unspecified atom stereocenters. The van der Waals surface area contributed by atoms with Gasteiger partial charge in [0.25, 0.3) is 5.91 Å². The van der Waals surface area contributed by atoms with Gasteiger partial charge in [-0.25, -0.2) is 4.79 Å². The molecule has 0 radical (unpaired) electrons. The average molecular weight is 311 g/mol. The molecule has 2 fully saturated rings. The van der Waals surface area contributed by atoms with Crippen LogP contribution in [-0.4, -0.2) is 64.4 Å². The molecule has 1 spiro atoms. The van der Waals surface area contributed by atoms with Crippen molar-refractivity contribution in [2.75, 3.05) is 20.1 Å². The van der Waals surface area contributed by atoms with Crippen LogP contribution in [0.3, 0.4) is 0 Å². The summed E-state index contributed by atoms with van der Waals surface area (Å²) in [4.78, 5) is 49.5. The summed E-state index contributed by atoms with van der Waals surface area (Å²) in [6, 6.07) is -0.542. The van der Waals surface area contributed by atoms with E-state index in [1.54, 1.807) is 0 Å². The highest BCUT2D eigenvalue weighted by atomic mass is 16.4. The van der Waals surface area contributed by atoms with Gasteiger partial charge in [0.1, 0.15) is 12.1 Å². The fourth-order valence-corrected chi connectivity index (χ4v) is 2.98. The molecule has 8 heteroatoms. The zero-order chi connectivity index (χ0) is 16.5. The molecule has 2 aliphatic rings. The van der Waals surface area contributed by atoms with Crippen LogP contribution in [0.5, 0.6) is 0 Å². The number of carboxylic acids is 1. The van der Waals surface area contributed by atoms with Gasteiger partial charge in [-0.15, -0.1) is 0 Å². The lowest BCUT2D eigenvalue weighted by Crippen LogP contribution is -2.46. The third-order valence-corrected chi connectivity index (χ3v) is 4.39.